The Bertz CT molecular complexity index is 654. The van der Waals surface area contributed by atoms with E-state index < -0.39 is 12.1 Å². The number of carboxylic acids is 1. The van der Waals surface area contributed by atoms with Crippen LogP contribution in [0.25, 0.3) is 0 Å². The minimum absolute atomic E-state index is 0.119. The highest BCUT2D eigenvalue weighted by Gasteiger charge is 2.29. The van der Waals surface area contributed by atoms with Crippen LogP contribution in [0.5, 0.6) is 5.75 Å². The summed E-state index contributed by atoms with van der Waals surface area (Å²) in [5.74, 6) is -0.676. The van der Waals surface area contributed by atoms with Gasteiger partial charge in [-0.3, -0.25) is 4.79 Å². The normalized spacial score (nSPS) is 16.3. The first-order chi connectivity index (χ1) is 9.65. The molecule has 2 heterocycles. The van der Waals surface area contributed by atoms with Gasteiger partial charge in [-0.1, -0.05) is 18.2 Å². The number of fused-ring (bicyclic) bond motifs is 1. The van der Waals surface area contributed by atoms with Crippen molar-refractivity contribution in [1.29, 1.82) is 0 Å². The molecule has 0 saturated carbocycles. The van der Waals surface area contributed by atoms with Gasteiger partial charge in [-0.15, -0.1) is 11.3 Å². The Labute approximate surface area is 118 Å². The summed E-state index contributed by atoms with van der Waals surface area (Å²) >= 11 is 1.07. The molecule has 0 radical (unpaired) electrons. The molecule has 6 heteroatoms. The Morgan fingerprint density at radius 1 is 1.30 bits per heavy atom. The van der Waals surface area contributed by atoms with Crippen LogP contribution in [0.1, 0.15) is 15.2 Å². The number of hydrogen-bond acceptors (Lipinski definition) is 4. The van der Waals surface area contributed by atoms with Crippen molar-refractivity contribution in [2.75, 3.05) is 5.32 Å². The average molecular weight is 289 g/mol. The van der Waals surface area contributed by atoms with Crippen molar-refractivity contribution in [3.63, 3.8) is 0 Å². The van der Waals surface area contributed by atoms with Gasteiger partial charge in [0.1, 0.15) is 10.6 Å². The van der Waals surface area contributed by atoms with Crippen LogP contribution < -0.4 is 10.1 Å². The Morgan fingerprint density at radius 2 is 2.10 bits per heavy atom. The Hall–Kier alpha value is -2.34. The number of carboxylic acid groups (broad SMARTS) is 1. The molecule has 1 aliphatic heterocycles. The van der Waals surface area contributed by atoms with Crippen LogP contribution in [-0.2, 0) is 11.2 Å². The monoisotopic (exact) mass is 289 g/mol. The van der Waals surface area contributed by atoms with Gasteiger partial charge in [0.2, 0.25) is 0 Å². The largest absolute Gasteiger partial charge is 0.480 e. The lowest BCUT2D eigenvalue weighted by Gasteiger charge is -2.10. The quantitative estimate of drug-likeness (QED) is 0.909. The van der Waals surface area contributed by atoms with Gasteiger partial charge >= 0.3 is 5.97 Å². The molecular formula is C14H11NO4S. The zero-order valence-electron chi connectivity index (χ0n) is 10.3. The second-order valence-corrected chi connectivity index (χ2v) is 5.29. The second kappa shape index (κ2) is 4.97. The van der Waals surface area contributed by atoms with Gasteiger partial charge in [0.25, 0.3) is 5.91 Å². The summed E-state index contributed by atoms with van der Waals surface area (Å²) in [5.41, 5.74) is 1.29. The summed E-state index contributed by atoms with van der Waals surface area (Å²) in [4.78, 5) is 23.2. The number of rotatable bonds is 3. The van der Waals surface area contributed by atoms with Crippen LogP contribution in [0, 0.1) is 0 Å². The molecule has 2 aromatic rings. The molecule has 20 heavy (non-hydrogen) atoms. The van der Waals surface area contributed by atoms with Crippen LogP contribution in [0.3, 0.4) is 0 Å². The lowest BCUT2D eigenvalue weighted by atomic mass is 10.1. The average Bonchev–Trinajstić information content (AvgIpc) is 3.03. The van der Waals surface area contributed by atoms with Crippen molar-refractivity contribution in [3.8, 4) is 5.75 Å². The molecule has 1 aromatic carbocycles. The number of hydrogen-bond donors (Lipinski definition) is 2. The Kier molecular flexibility index (Phi) is 3.15. The fourth-order valence-corrected chi connectivity index (χ4v) is 2.80. The van der Waals surface area contributed by atoms with Crippen molar-refractivity contribution in [3.05, 3.63) is 46.2 Å². The molecule has 1 atom stereocenters. The van der Waals surface area contributed by atoms with E-state index in [2.05, 4.69) is 5.32 Å². The standard InChI is InChI=1S/C14H11NO4S/c16-13(15-9-5-6-20-12(9)14(17)18)11-7-8-3-1-2-4-10(8)19-11/h1-6,11H,7H2,(H,15,16)(H,17,18). The molecule has 1 aliphatic rings. The highest BCUT2D eigenvalue weighted by Crippen LogP contribution is 2.29. The Morgan fingerprint density at radius 3 is 2.85 bits per heavy atom. The molecule has 0 fully saturated rings. The van der Waals surface area contributed by atoms with E-state index in [9.17, 15) is 9.59 Å². The van der Waals surface area contributed by atoms with E-state index >= 15 is 0 Å². The van der Waals surface area contributed by atoms with Gasteiger partial charge in [-0.05, 0) is 23.1 Å². The maximum absolute atomic E-state index is 12.1. The molecule has 0 bridgehead atoms. The van der Waals surface area contributed by atoms with Crippen molar-refractivity contribution < 1.29 is 19.4 Å². The van der Waals surface area contributed by atoms with Gasteiger partial charge < -0.3 is 15.2 Å². The summed E-state index contributed by atoms with van der Waals surface area (Å²) in [6.45, 7) is 0. The van der Waals surface area contributed by atoms with E-state index in [1.165, 1.54) is 0 Å². The van der Waals surface area contributed by atoms with E-state index in [1.54, 1.807) is 11.4 Å². The van der Waals surface area contributed by atoms with Crippen molar-refractivity contribution in [2.24, 2.45) is 0 Å². The highest BCUT2D eigenvalue weighted by molar-refractivity contribution is 7.12. The lowest BCUT2D eigenvalue weighted by molar-refractivity contribution is -0.122. The van der Waals surface area contributed by atoms with Crippen LogP contribution in [0.15, 0.2) is 35.7 Å². The zero-order valence-corrected chi connectivity index (χ0v) is 11.1. The molecule has 3 rings (SSSR count). The van der Waals surface area contributed by atoms with E-state index in [4.69, 9.17) is 9.84 Å². The lowest BCUT2D eigenvalue weighted by Crippen LogP contribution is -2.31. The third-order valence-electron chi connectivity index (χ3n) is 3.06. The summed E-state index contributed by atoms with van der Waals surface area (Å²) in [5, 5.41) is 13.2. The fourth-order valence-electron chi connectivity index (χ4n) is 2.11. The maximum Gasteiger partial charge on any atom is 0.348 e. The molecule has 1 amide bonds. The molecule has 102 valence electrons. The van der Waals surface area contributed by atoms with Gasteiger partial charge in [-0.2, -0.15) is 0 Å². The molecular weight excluding hydrogens is 278 g/mol. The van der Waals surface area contributed by atoms with Gasteiger partial charge in [-0.25, -0.2) is 4.79 Å². The summed E-state index contributed by atoms with van der Waals surface area (Å²) < 4.78 is 5.56. The first-order valence-electron chi connectivity index (χ1n) is 6.01. The topological polar surface area (TPSA) is 75.6 Å². The summed E-state index contributed by atoms with van der Waals surface area (Å²) in [7, 11) is 0. The second-order valence-electron chi connectivity index (χ2n) is 4.38. The third kappa shape index (κ3) is 2.25. The van der Waals surface area contributed by atoms with E-state index in [-0.39, 0.29) is 10.8 Å². The van der Waals surface area contributed by atoms with Crippen molar-refractivity contribution >= 4 is 28.9 Å². The van der Waals surface area contributed by atoms with E-state index in [0.717, 1.165) is 16.9 Å². The number of thiophene rings is 1. The minimum atomic E-state index is -1.05. The van der Waals surface area contributed by atoms with Crippen molar-refractivity contribution in [1.82, 2.24) is 0 Å². The summed E-state index contributed by atoms with van der Waals surface area (Å²) in [6.07, 6.45) is -0.122. The number of benzene rings is 1. The van der Waals surface area contributed by atoms with Gasteiger partial charge in [0.15, 0.2) is 6.10 Å². The van der Waals surface area contributed by atoms with Crippen molar-refractivity contribution in [2.45, 2.75) is 12.5 Å². The van der Waals surface area contributed by atoms with Gasteiger partial charge in [0, 0.05) is 6.42 Å². The molecule has 0 aliphatic carbocycles. The number of para-hydroxylation sites is 1. The van der Waals surface area contributed by atoms with Crippen LogP contribution in [0.4, 0.5) is 5.69 Å². The first kappa shape index (κ1) is 12.7. The fraction of sp³-hybridized carbons (Fsp3) is 0.143. The van der Waals surface area contributed by atoms with Crippen LogP contribution in [-0.4, -0.2) is 23.1 Å². The zero-order chi connectivity index (χ0) is 14.1. The highest BCUT2D eigenvalue weighted by atomic mass is 32.1. The van der Waals surface area contributed by atoms with Crippen LogP contribution >= 0.6 is 11.3 Å². The van der Waals surface area contributed by atoms with Crippen LogP contribution in [0.2, 0.25) is 0 Å². The molecule has 1 unspecified atom stereocenters. The number of carbonyl (C=O) groups is 2. The number of amides is 1. The smallest absolute Gasteiger partial charge is 0.348 e. The number of anilines is 1. The minimum Gasteiger partial charge on any atom is -0.480 e. The number of carbonyl (C=O) groups excluding carboxylic acids is 1. The first-order valence-corrected chi connectivity index (χ1v) is 6.89. The maximum atomic E-state index is 12.1. The SMILES string of the molecule is O=C(O)c1sccc1NC(=O)C1Cc2ccccc2O1. The molecule has 5 nitrogen and oxygen atoms in total. The Balaban J connectivity index is 1.73. The molecule has 0 spiro atoms. The summed E-state index contributed by atoms with van der Waals surface area (Å²) in [6, 6.07) is 9.05. The molecule has 2 N–H and O–H groups in total. The molecule has 0 saturated heterocycles. The number of ether oxygens (including phenoxy) is 1. The molecule has 1 aromatic heterocycles. The predicted octanol–water partition coefficient (Wildman–Crippen LogP) is 2.39. The number of aromatic carboxylic acids is 1. The number of nitrogens with one attached hydrogen (secondary N) is 1. The van der Waals surface area contributed by atoms with E-state index in [0.29, 0.717) is 17.9 Å². The van der Waals surface area contributed by atoms with E-state index in [1.807, 2.05) is 24.3 Å². The third-order valence-corrected chi connectivity index (χ3v) is 3.96. The van der Waals surface area contributed by atoms with Gasteiger partial charge in [0.05, 0.1) is 5.69 Å². The predicted molar refractivity (Wildman–Crippen MR) is 74.5 cm³/mol.